The van der Waals surface area contributed by atoms with Gasteiger partial charge >= 0.3 is 0 Å². The fraction of sp³-hybridized carbons (Fsp3) is 0.800. The molecule has 52 valence electrons. The van der Waals surface area contributed by atoms with Crippen LogP contribution in [0.3, 0.4) is 0 Å². The Labute approximate surface area is 57.0 Å². The van der Waals surface area contributed by atoms with E-state index in [1.807, 2.05) is 6.07 Å². The molecule has 0 spiro atoms. The lowest BCUT2D eigenvalue weighted by Crippen LogP contribution is -2.17. The van der Waals surface area contributed by atoms with Gasteiger partial charge in [-0.3, -0.25) is 0 Å². The van der Waals surface area contributed by atoms with E-state index in [0.717, 1.165) is 0 Å². The summed E-state index contributed by atoms with van der Waals surface area (Å²) in [5, 5.41) is 7.81. The van der Waals surface area contributed by atoms with Crippen LogP contribution in [0.25, 0.3) is 0 Å². The van der Waals surface area contributed by atoms with E-state index in [1.54, 1.807) is 13.8 Å². The summed E-state index contributed by atoms with van der Waals surface area (Å²) < 4.78 is 18.7. The van der Waals surface area contributed by atoms with E-state index in [2.05, 4.69) is 0 Å². The number of nitriles is 1. The van der Waals surface area contributed by atoms with Crippen molar-refractivity contribution < 1.29 is 8.76 Å². The predicted octanol–water partition coefficient (Wildman–Crippen LogP) is 0.756. The Morgan fingerprint density at radius 2 is 2.11 bits per heavy atom. The van der Waals surface area contributed by atoms with Gasteiger partial charge in [0.1, 0.15) is 0 Å². The lowest BCUT2D eigenvalue weighted by molar-refractivity contribution is 0.535. The van der Waals surface area contributed by atoms with E-state index in [1.165, 1.54) is 0 Å². The van der Waals surface area contributed by atoms with Crippen molar-refractivity contribution in [3.63, 3.8) is 0 Å². The fourth-order valence-electron chi connectivity index (χ4n) is 0.280. The Hall–Kier alpha value is -0.400. The number of hydrogen-bond acceptors (Lipinski definition) is 2. The smallest absolute Gasteiger partial charge is 0.157 e. The third kappa shape index (κ3) is 2.59. The average molecular weight is 147 g/mol. The molecule has 0 saturated carbocycles. The summed E-state index contributed by atoms with van der Waals surface area (Å²) in [6.07, 6.45) is 0. The molecule has 0 aromatic carbocycles. The van der Waals surface area contributed by atoms with E-state index < -0.39 is 16.3 Å². The first kappa shape index (κ1) is 8.60. The Kier molecular flexibility index (Phi) is 3.43. The molecule has 0 saturated heterocycles. The lowest BCUT2D eigenvalue weighted by atomic mass is 10.1. The van der Waals surface area contributed by atoms with Crippen molar-refractivity contribution in [2.45, 2.75) is 19.1 Å². The van der Waals surface area contributed by atoms with Crippen molar-refractivity contribution >= 4 is 11.1 Å². The van der Waals surface area contributed by atoms with Crippen LogP contribution in [-0.2, 0) is 11.1 Å². The first-order valence-electron chi connectivity index (χ1n) is 2.59. The van der Waals surface area contributed by atoms with Crippen LogP contribution in [0.1, 0.15) is 13.8 Å². The molecule has 0 heterocycles. The van der Waals surface area contributed by atoms with E-state index in [-0.39, 0.29) is 5.92 Å². The molecule has 4 heteroatoms. The second-order valence-corrected chi connectivity index (χ2v) is 3.19. The molecular weight excluding hydrogens is 138 g/mol. The predicted molar refractivity (Wildman–Crippen MR) is 35.0 cm³/mol. The molecule has 0 aromatic rings. The van der Waals surface area contributed by atoms with Crippen molar-refractivity contribution in [2.24, 2.45) is 5.92 Å². The lowest BCUT2D eigenvalue weighted by Gasteiger charge is -2.06. The highest BCUT2D eigenvalue weighted by atomic mass is 32.2. The van der Waals surface area contributed by atoms with Crippen LogP contribution in [0.5, 0.6) is 0 Å². The molecule has 0 amide bonds. The molecule has 9 heavy (non-hydrogen) atoms. The van der Waals surface area contributed by atoms with Crippen molar-refractivity contribution in [1.29, 1.82) is 5.26 Å². The standard InChI is InChI=1S/C5H9NO2S/c1-4(3-6)5(2)9(7)8/h4-5H,1-2H3,(H,7,8). The number of nitrogens with zero attached hydrogens (tertiary/aromatic N) is 1. The van der Waals surface area contributed by atoms with Crippen LogP contribution in [0.2, 0.25) is 0 Å². The van der Waals surface area contributed by atoms with Gasteiger partial charge < -0.3 is 4.55 Å². The van der Waals surface area contributed by atoms with E-state index >= 15 is 0 Å². The van der Waals surface area contributed by atoms with Gasteiger partial charge in [-0.1, -0.05) is 0 Å². The molecule has 3 unspecified atom stereocenters. The summed E-state index contributed by atoms with van der Waals surface area (Å²) in [6.45, 7) is 3.20. The number of rotatable bonds is 2. The minimum atomic E-state index is -1.86. The minimum Gasteiger partial charge on any atom is -0.306 e. The quantitative estimate of drug-likeness (QED) is 0.586. The summed E-state index contributed by atoms with van der Waals surface area (Å²) in [5.41, 5.74) is 0. The largest absolute Gasteiger partial charge is 0.306 e. The first-order valence-corrected chi connectivity index (χ1v) is 3.76. The van der Waals surface area contributed by atoms with Gasteiger partial charge in [0, 0.05) is 0 Å². The third-order valence-corrected chi connectivity index (χ3v) is 2.27. The van der Waals surface area contributed by atoms with Crippen LogP contribution in [-0.4, -0.2) is 14.0 Å². The van der Waals surface area contributed by atoms with Crippen LogP contribution < -0.4 is 0 Å². The zero-order chi connectivity index (χ0) is 7.44. The molecule has 0 aliphatic rings. The molecule has 0 fully saturated rings. The first-order chi connectivity index (χ1) is 4.09. The maximum Gasteiger partial charge on any atom is 0.157 e. The highest BCUT2D eigenvalue weighted by Crippen LogP contribution is 2.05. The van der Waals surface area contributed by atoms with E-state index in [0.29, 0.717) is 0 Å². The zero-order valence-corrected chi connectivity index (χ0v) is 6.18. The summed E-state index contributed by atoms with van der Waals surface area (Å²) >= 11 is -1.86. The molecule has 3 nitrogen and oxygen atoms in total. The van der Waals surface area contributed by atoms with Crippen LogP contribution in [0.15, 0.2) is 0 Å². The summed E-state index contributed by atoms with van der Waals surface area (Å²) in [7, 11) is 0. The second-order valence-electron chi connectivity index (χ2n) is 1.90. The van der Waals surface area contributed by atoms with Crippen LogP contribution in [0, 0.1) is 17.2 Å². The highest BCUT2D eigenvalue weighted by molar-refractivity contribution is 7.79. The van der Waals surface area contributed by atoms with Gasteiger partial charge in [0.05, 0.1) is 17.2 Å². The third-order valence-electron chi connectivity index (χ3n) is 1.23. The highest BCUT2D eigenvalue weighted by Gasteiger charge is 2.15. The molecule has 0 bridgehead atoms. The average Bonchev–Trinajstić information content (AvgIpc) is 1.84. The Morgan fingerprint density at radius 1 is 1.67 bits per heavy atom. The minimum absolute atomic E-state index is 0.351. The van der Waals surface area contributed by atoms with Gasteiger partial charge in [0.15, 0.2) is 11.1 Å². The monoisotopic (exact) mass is 147 g/mol. The number of hydrogen-bond donors (Lipinski definition) is 1. The normalized spacial score (nSPS) is 19.8. The Morgan fingerprint density at radius 3 is 2.22 bits per heavy atom. The van der Waals surface area contributed by atoms with Gasteiger partial charge in [-0.15, -0.1) is 0 Å². The maximum atomic E-state index is 10.3. The molecule has 0 radical (unpaired) electrons. The van der Waals surface area contributed by atoms with Gasteiger partial charge in [-0.25, -0.2) is 4.21 Å². The summed E-state index contributed by atoms with van der Waals surface area (Å²) in [5.74, 6) is -0.351. The van der Waals surface area contributed by atoms with E-state index in [4.69, 9.17) is 9.81 Å². The summed E-state index contributed by atoms with van der Waals surface area (Å²) in [4.78, 5) is 0. The molecule has 1 N–H and O–H groups in total. The van der Waals surface area contributed by atoms with Gasteiger partial charge in [0.2, 0.25) is 0 Å². The molecule has 0 aromatic heterocycles. The maximum absolute atomic E-state index is 10.3. The second kappa shape index (κ2) is 3.59. The molecular formula is C5H9NO2S. The van der Waals surface area contributed by atoms with Crippen molar-refractivity contribution in [3.8, 4) is 6.07 Å². The Balaban J connectivity index is 3.91. The molecule has 0 aliphatic heterocycles. The molecule has 0 rings (SSSR count). The topological polar surface area (TPSA) is 61.1 Å². The van der Waals surface area contributed by atoms with Crippen molar-refractivity contribution in [1.82, 2.24) is 0 Å². The van der Waals surface area contributed by atoms with Gasteiger partial charge in [-0.2, -0.15) is 5.26 Å². The van der Waals surface area contributed by atoms with Crippen molar-refractivity contribution in [3.05, 3.63) is 0 Å². The van der Waals surface area contributed by atoms with Crippen LogP contribution >= 0.6 is 0 Å². The SMILES string of the molecule is CC(C#N)C(C)S(=O)O. The zero-order valence-electron chi connectivity index (χ0n) is 5.37. The van der Waals surface area contributed by atoms with Crippen LogP contribution in [0.4, 0.5) is 0 Å². The Bertz CT molecular complexity index is 152. The molecule has 0 aliphatic carbocycles. The van der Waals surface area contributed by atoms with E-state index in [9.17, 15) is 4.21 Å². The van der Waals surface area contributed by atoms with Gasteiger partial charge in [-0.05, 0) is 13.8 Å². The van der Waals surface area contributed by atoms with Crippen molar-refractivity contribution in [2.75, 3.05) is 0 Å². The summed E-state index contributed by atoms with van der Waals surface area (Å²) in [6, 6.07) is 1.89. The molecule has 3 atom stereocenters. The van der Waals surface area contributed by atoms with Gasteiger partial charge in [0.25, 0.3) is 0 Å². The fourth-order valence-corrected chi connectivity index (χ4v) is 0.690.